The maximum absolute atomic E-state index is 12.9. The highest BCUT2D eigenvalue weighted by Gasteiger charge is 2.33. The average Bonchev–Trinajstić information content (AvgIpc) is 4.08. The lowest BCUT2D eigenvalue weighted by Crippen LogP contribution is -2.31. The summed E-state index contributed by atoms with van der Waals surface area (Å²) in [5.41, 5.74) is 8.64. The second-order valence-corrected chi connectivity index (χ2v) is 18.8. The predicted molar refractivity (Wildman–Crippen MR) is 273 cm³/mol. The zero-order valence-corrected chi connectivity index (χ0v) is 41.8. The minimum Gasteiger partial charge on any atom is -0.442 e. The van der Waals surface area contributed by atoms with E-state index in [1.54, 1.807) is 54.2 Å². The van der Waals surface area contributed by atoms with Crippen molar-refractivity contribution in [3.63, 3.8) is 0 Å². The lowest BCUT2D eigenvalue weighted by Gasteiger charge is -2.19. The lowest BCUT2D eigenvalue weighted by molar-refractivity contribution is 0.0590. The van der Waals surface area contributed by atoms with Crippen molar-refractivity contribution in [3.8, 4) is 11.4 Å². The van der Waals surface area contributed by atoms with Gasteiger partial charge in [0.25, 0.3) is 0 Å². The molecule has 0 atom stereocenters. The SMILES string of the molecule is CC(C)(C)OC(=O)N=C1CNC(=O)N1Cc1ccccc1.Cc1cn(-c2ccc(/C=C3\NC(=O)N(Cc4ccccc4)C3=NC(=O)OC(C)(C)C)cc2C)cn1.Cc1cn(-c2ccc(C=O)cc2C)cn1. The highest BCUT2D eigenvalue weighted by molar-refractivity contribution is 6.19. The van der Waals surface area contributed by atoms with Crippen LogP contribution in [0.4, 0.5) is 19.2 Å². The van der Waals surface area contributed by atoms with E-state index in [-0.39, 0.29) is 31.0 Å². The molecule has 0 spiro atoms. The second-order valence-electron chi connectivity index (χ2n) is 18.8. The normalized spacial score (nSPS) is 15.2. The van der Waals surface area contributed by atoms with Crippen molar-refractivity contribution in [2.24, 2.45) is 9.98 Å². The van der Waals surface area contributed by atoms with Crippen molar-refractivity contribution in [1.82, 2.24) is 39.5 Å². The quantitative estimate of drug-likeness (QED) is 0.140. The number of aldehydes is 1. The van der Waals surface area contributed by atoms with Crippen LogP contribution in [0.3, 0.4) is 0 Å². The van der Waals surface area contributed by atoms with Crippen molar-refractivity contribution >= 4 is 48.3 Å². The molecule has 2 aliphatic rings. The van der Waals surface area contributed by atoms with E-state index in [1.165, 1.54) is 9.80 Å². The molecule has 2 saturated heterocycles. The molecule has 2 N–H and O–H groups in total. The van der Waals surface area contributed by atoms with Gasteiger partial charge in [0, 0.05) is 29.3 Å². The first kappa shape index (κ1) is 51.9. The van der Waals surface area contributed by atoms with Crippen LogP contribution in [0, 0.1) is 27.7 Å². The molecule has 17 nitrogen and oxygen atoms in total. The number of nitrogens with one attached hydrogen (secondary N) is 2. The van der Waals surface area contributed by atoms with Crippen LogP contribution in [-0.2, 0) is 22.6 Å². The number of aryl methyl sites for hydroxylation is 4. The van der Waals surface area contributed by atoms with Crippen molar-refractivity contribution < 1.29 is 33.4 Å². The fraction of sp³-hybridized carbons (Fsp3) is 0.278. The largest absolute Gasteiger partial charge is 0.442 e. The van der Waals surface area contributed by atoms with Gasteiger partial charge in [-0.05, 0) is 133 Å². The molecule has 71 heavy (non-hydrogen) atoms. The van der Waals surface area contributed by atoms with Gasteiger partial charge in [0.2, 0.25) is 0 Å². The fourth-order valence-electron chi connectivity index (χ4n) is 7.24. The van der Waals surface area contributed by atoms with Gasteiger partial charge in [0.15, 0.2) is 5.84 Å². The molecule has 6 amide bonds. The molecule has 0 saturated carbocycles. The number of imidazole rings is 2. The average molecular weight is 961 g/mol. The number of benzene rings is 4. The highest BCUT2D eigenvalue weighted by Crippen LogP contribution is 2.23. The first-order valence-corrected chi connectivity index (χ1v) is 22.9. The van der Waals surface area contributed by atoms with Gasteiger partial charge in [0.1, 0.15) is 23.3 Å². The first-order chi connectivity index (χ1) is 33.6. The first-order valence-electron chi connectivity index (χ1n) is 22.9. The molecular weight excluding hydrogens is 901 g/mol. The summed E-state index contributed by atoms with van der Waals surface area (Å²) >= 11 is 0. The Morgan fingerprint density at radius 1 is 0.648 bits per heavy atom. The van der Waals surface area contributed by atoms with Gasteiger partial charge in [0.05, 0.1) is 49.4 Å². The minimum atomic E-state index is -0.755. The van der Waals surface area contributed by atoms with Gasteiger partial charge in [-0.25, -0.2) is 29.1 Å². The summed E-state index contributed by atoms with van der Waals surface area (Å²) in [5.74, 6) is 0.596. The number of rotatable bonds is 8. The smallest absolute Gasteiger partial charge is 0.436 e. The molecule has 2 fully saturated rings. The van der Waals surface area contributed by atoms with Gasteiger partial charge in [-0.3, -0.25) is 14.6 Å². The number of aromatic nitrogens is 4. The molecule has 0 bridgehead atoms. The third kappa shape index (κ3) is 15.0. The fourth-order valence-corrected chi connectivity index (χ4v) is 7.24. The molecule has 0 unspecified atom stereocenters. The van der Waals surface area contributed by atoms with E-state index in [2.05, 4.69) is 30.6 Å². The molecule has 2 aromatic heterocycles. The van der Waals surface area contributed by atoms with E-state index in [0.717, 1.165) is 56.9 Å². The Morgan fingerprint density at radius 2 is 1.13 bits per heavy atom. The number of carbonyl (C=O) groups is 5. The molecular formula is C54H60N10O7. The predicted octanol–water partition coefficient (Wildman–Crippen LogP) is 10.2. The molecule has 4 aromatic carbocycles. The summed E-state index contributed by atoms with van der Waals surface area (Å²) in [7, 11) is 0. The van der Waals surface area contributed by atoms with Crippen LogP contribution in [0.5, 0.6) is 0 Å². The van der Waals surface area contributed by atoms with E-state index in [0.29, 0.717) is 23.6 Å². The summed E-state index contributed by atoms with van der Waals surface area (Å²) in [5, 5.41) is 5.51. The molecule has 2 aliphatic heterocycles. The minimum absolute atomic E-state index is 0.222. The Kier molecular flexibility index (Phi) is 16.6. The monoisotopic (exact) mass is 960 g/mol. The summed E-state index contributed by atoms with van der Waals surface area (Å²) in [6.07, 6.45) is 8.70. The van der Waals surface area contributed by atoms with Gasteiger partial charge in [-0.15, -0.1) is 0 Å². The third-order valence-electron chi connectivity index (χ3n) is 10.4. The van der Waals surface area contributed by atoms with Crippen molar-refractivity contribution in [2.75, 3.05) is 6.54 Å². The standard InChI is InChI=1S/C27H29N5O3.C15H19N3O3.C12H12N2O/c1-18-13-21(11-12-23(18)31-15-19(2)28-17-31)14-22-24(30-26(34)35-27(3,4)5)32(25(33)29-22)16-20-9-7-6-8-10-20;1-15(2,3)21-14(20)17-12-9-16-13(19)18(12)10-11-7-5-4-6-8-11;1-9-5-11(7-15)3-4-12(9)14-6-10(2)13-8-14/h6-15,17H,16H2,1-5H3,(H,29,33);4-8H,9-10H2,1-3H3,(H,16,19);3-8H,1-2H3/b22-14-,30-24?;;. The Balaban J connectivity index is 0.000000193. The molecule has 4 heterocycles. The van der Waals surface area contributed by atoms with E-state index in [9.17, 15) is 24.0 Å². The number of amidine groups is 2. The van der Waals surface area contributed by atoms with Crippen LogP contribution in [0.25, 0.3) is 17.5 Å². The number of nitrogens with zero attached hydrogens (tertiary/aromatic N) is 8. The zero-order valence-electron chi connectivity index (χ0n) is 41.8. The molecule has 8 rings (SSSR count). The Morgan fingerprint density at radius 3 is 1.59 bits per heavy atom. The lowest BCUT2D eigenvalue weighted by atomic mass is 10.1. The van der Waals surface area contributed by atoms with Crippen molar-refractivity contribution in [2.45, 2.75) is 93.5 Å². The van der Waals surface area contributed by atoms with Crippen LogP contribution in [0.1, 0.15) is 91.1 Å². The van der Waals surface area contributed by atoms with Crippen molar-refractivity contribution in [3.05, 3.63) is 173 Å². The molecule has 368 valence electrons. The summed E-state index contributed by atoms with van der Waals surface area (Å²) in [4.78, 5) is 79.0. The number of hydrogen-bond acceptors (Lipinski definition) is 9. The third-order valence-corrected chi connectivity index (χ3v) is 10.4. The van der Waals surface area contributed by atoms with Crippen LogP contribution in [0.15, 0.2) is 138 Å². The molecule has 0 radical (unpaired) electrons. The number of urea groups is 2. The van der Waals surface area contributed by atoms with Crippen LogP contribution < -0.4 is 10.6 Å². The second kappa shape index (κ2) is 22.8. The molecule has 17 heteroatoms. The maximum Gasteiger partial charge on any atom is 0.436 e. The Bertz CT molecular complexity index is 2980. The van der Waals surface area contributed by atoms with Crippen molar-refractivity contribution in [1.29, 1.82) is 0 Å². The van der Waals surface area contributed by atoms with E-state index >= 15 is 0 Å². The summed E-state index contributed by atoms with van der Waals surface area (Å²) in [6.45, 7) is 19.4. The number of amides is 6. The molecule has 6 aromatic rings. The van der Waals surface area contributed by atoms with Gasteiger partial charge in [-0.2, -0.15) is 9.98 Å². The summed E-state index contributed by atoms with van der Waals surface area (Å²) < 4.78 is 14.5. The maximum atomic E-state index is 12.9. The summed E-state index contributed by atoms with van der Waals surface area (Å²) in [6, 6.07) is 30.0. The Hall–Kier alpha value is -8.47. The number of hydrogen-bond donors (Lipinski definition) is 2. The number of aliphatic imine (C=N–C) groups is 2. The zero-order chi connectivity index (χ0) is 51.5. The van der Waals surface area contributed by atoms with Crippen LogP contribution in [-0.4, -0.2) is 88.9 Å². The van der Waals surface area contributed by atoms with Gasteiger partial charge >= 0.3 is 24.2 Å². The topological polar surface area (TPSA) is 195 Å². The highest BCUT2D eigenvalue weighted by atomic mass is 16.6. The van der Waals surface area contributed by atoms with Gasteiger partial charge in [-0.1, -0.05) is 66.7 Å². The van der Waals surface area contributed by atoms with Crippen LogP contribution in [0.2, 0.25) is 0 Å². The van der Waals surface area contributed by atoms with E-state index in [4.69, 9.17) is 9.47 Å². The van der Waals surface area contributed by atoms with Crippen LogP contribution >= 0.6 is 0 Å². The van der Waals surface area contributed by atoms with E-state index < -0.39 is 23.4 Å². The number of carbonyl (C=O) groups excluding carboxylic acids is 5. The van der Waals surface area contributed by atoms with E-state index in [1.807, 2.05) is 152 Å². The molecule has 0 aliphatic carbocycles. The number of ether oxygens (including phenoxy) is 2. The Labute approximate surface area is 414 Å². The van der Waals surface area contributed by atoms with Gasteiger partial charge < -0.3 is 29.2 Å².